The Labute approximate surface area is 121 Å². The van der Waals surface area contributed by atoms with Crippen LogP contribution >= 0.6 is 0 Å². The molecule has 0 atom stereocenters. The lowest BCUT2D eigenvalue weighted by Crippen LogP contribution is -1.81. The summed E-state index contributed by atoms with van der Waals surface area (Å²) in [5.41, 5.74) is 3.97. The molecule has 0 radical (unpaired) electrons. The first-order chi connectivity index (χ1) is 10.4. The highest BCUT2D eigenvalue weighted by atomic mass is 16.3. The number of aromatic nitrogens is 1. The minimum Gasteiger partial charge on any atom is -0.455 e. The van der Waals surface area contributed by atoms with Crippen LogP contribution < -0.4 is 0 Å². The van der Waals surface area contributed by atoms with Crippen molar-refractivity contribution in [3.63, 3.8) is 0 Å². The topological polar surface area (TPSA) is 49.8 Å². The lowest BCUT2D eigenvalue weighted by Gasteiger charge is -2.00. The van der Waals surface area contributed by atoms with Gasteiger partial charge in [0.05, 0.1) is 17.3 Å². The van der Waals surface area contributed by atoms with Gasteiger partial charge in [0.2, 0.25) is 0 Å². The van der Waals surface area contributed by atoms with Crippen molar-refractivity contribution in [1.29, 1.82) is 5.26 Å². The maximum Gasteiger partial charge on any atom is 0.144 e. The summed E-state index contributed by atoms with van der Waals surface area (Å²) in [6.45, 7) is 0. The predicted molar refractivity (Wildman–Crippen MR) is 81.7 cm³/mol. The van der Waals surface area contributed by atoms with Gasteiger partial charge in [-0.25, -0.2) is 0 Å². The molecule has 0 amide bonds. The molecule has 0 unspecified atom stereocenters. The van der Waals surface area contributed by atoms with Crippen LogP contribution in [0.3, 0.4) is 0 Å². The predicted octanol–water partition coefficient (Wildman–Crippen LogP) is 4.52. The number of hydrogen-bond donors (Lipinski definition) is 0. The summed E-state index contributed by atoms with van der Waals surface area (Å²) in [6.07, 6.45) is 1.77. The molecule has 98 valence electrons. The average molecular weight is 270 g/mol. The van der Waals surface area contributed by atoms with E-state index in [9.17, 15) is 0 Å². The SMILES string of the molecule is N#Cc1ccc2c(c1)oc1c(-c3ccccn3)cccc12. The van der Waals surface area contributed by atoms with Crippen LogP contribution in [0.2, 0.25) is 0 Å². The molecule has 21 heavy (non-hydrogen) atoms. The van der Waals surface area contributed by atoms with Crippen LogP contribution in [0.15, 0.2) is 65.2 Å². The van der Waals surface area contributed by atoms with Gasteiger partial charge in [-0.2, -0.15) is 5.26 Å². The summed E-state index contributed by atoms with van der Waals surface area (Å²) < 4.78 is 5.99. The summed E-state index contributed by atoms with van der Waals surface area (Å²) in [7, 11) is 0. The Morgan fingerprint density at radius 3 is 2.71 bits per heavy atom. The van der Waals surface area contributed by atoms with Crippen LogP contribution in [0.1, 0.15) is 5.56 Å². The van der Waals surface area contributed by atoms with Gasteiger partial charge in [0.25, 0.3) is 0 Å². The van der Waals surface area contributed by atoms with E-state index in [4.69, 9.17) is 9.68 Å². The first kappa shape index (κ1) is 11.7. The quantitative estimate of drug-likeness (QED) is 0.511. The maximum absolute atomic E-state index is 9.00. The van der Waals surface area contributed by atoms with Crippen LogP contribution in [-0.2, 0) is 0 Å². The standard InChI is InChI=1S/C18H10N2O/c19-11-12-7-8-13-14-4-3-5-15(16-6-1-2-9-20-16)18(14)21-17(13)10-12/h1-10H. The third-order valence-corrected chi connectivity index (χ3v) is 3.57. The molecule has 2 aromatic heterocycles. The molecule has 2 aromatic carbocycles. The van der Waals surface area contributed by atoms with Crippen molar-refractivity contribution in [2.45, 2.75) is 0 Å². The van der Waals surface area contributed by atoms with Crippen molar-refractivity contribution in [3.05, 3.63) is 66.4 Å². The van der Waals surface area contributed by atoms with E-state index in [0.29, 0.717) is 5.56 Å². The van der Waals surface area contributed by atoms with E-state index < -0.39 is 0 Å². The molecule has 0 aliphatic heterocycles. The monoisotopic (exact) mass is 270 g/mol. The van der Waals surface area contributed by atoms with Crippen molar-refractivity contribution in [1.82, 2.24) is 4.98 Å². The maximum atomic E-state index is 9.00. The largest absolute Gasteiger partial charge is 0.455 e. The summed E-state index contributed by atoms with van der Waals surface area (Å²) in [6, 6.07) is 19.5. The van der Waals surface area contributed by atoms with Gasteiger partial charge in [0.1, 0.15) is 11.2 Å². The minimum atomic E-state index is 0.598. The van der Waals surface area contributed by atoms with Crippen LogP contribution in [0.5, 0.6) is 0 Å². The normalized spacial score (nSPS) is 10.8. The van der Waals surface area contributed by atoms with Crippen LogP contribution in [-0.4, -0.2) is 4.98 Å². The highest BCUT2D eigenvalue weighted by Gasteiger charge is 2.12. The lowest BCUT2D eigenvalue weighted by atomic mass is 10.1. The molecule has 0 spiro atoms. The van der Waals surface area contributed by atoms with Crippen molar-refractivity contribution >= 4 is 21.9 Å². The molecule has 4 aromatic rings. The van der Waals surface area contributed by atoms with Crippen molar-refractivity contribution in [2.24, 2.45) is 0 Å². The fraction of sp³-hybridized carbons (Fsp3) is 0. The van der Waals surface area contributed by atoms with Crippen LogP contribution in [0.25, 0.3) is 33.2 Å². The Balaban J connectivity index is 2.08. The van der Waals surface area contributed by atoms with Gasteiger partial charge in [0, 0.05) is 22.5 Å². The van der Waals surface area contributed by atoms with E-state index in [0.717, 1.165) is 33.2 Å². The van der Waals surface area contributed by atoms with E-state index in [1.165, 1.54) is 0 Å². The molecule has 0 bridgehead atoms. The molecular formula is C18H10N2O. The minimum absolute atomic E-state index is 0.598. The number of hydrogen-bond acceptors (Lipinski definition) is 3. The number of benzene rings is 2. The summed E-state index contributed by atoms with van der Waals surface area (Å²) in [5.74, 6) is 0. The molecule has 0 aliphatic rings. The van der Waals surface area contributed by atoms with Crippen LogP contribution in [0.4, 0.5) is 0 Å². The molecule has 0 saturated carbocycles. The Bertz CT molecular complexity index is 994. The number of nitrogens with zero attached hydrogens (tertiary/aromatic N) is 2. The molecule has 0 fully saturated rings. The third kappa shape index (κ3) is 1.78. The van der Waals surface area contributed by atoms with E-state index >= 15 is 0 Å². The summed E-state index contributed by atoms with van der Waals surface area (Å²) in [4.78, 5) is 4.39. The van der Waals surface area contributed by atoms with Crippen molar-refractivity contribution in [2.75, 3.05) is 0 Å². The second-order valence-electron chi connectivity index (χ2n) is 4.82. The molecule has 3 heteroatoms. The van der Waals surface area contributed by atoms with E-state index in [1.807, 2.05) is 48.5 Å². The van der Waals surface area contributed by atoms with Gasteiger partial charge in [-0.15, -0.1) is 0 Å². The Hall–Kier alpha value is -3.12. The molecular weight excluding hydrogens is 260 g/mol. The Morgan fingerprint density at radius 1 is 0.952 bits per heavy atom. The fourth-order valence-corrected chi connectivity index (χ4v) is 2.59. The van der Waals surface area contributed by atoms with Gasteiger partial charge in [-0.05, 0) is 36.4 Å². The van der Waals surface area contributed by atoms with Gasteiger partial charge < -0.3 is 4.42 Å². The summed E-state index contributed by atoms with van der Waals surface area (Å²) >= 11 is 0. The molecule has 2 heterocycles. The lowest BCUT2D eigenvalue weighted by molar-refractivity contribution is 0.669. The second-order valence-corrected chi connectivity index (χ2v) is 4.82. The number of rotatable bonds is 1. The van der Waals surface area contributed by atoms with Crippen molar-refractivity contribution < 1.29 is 4.42 Å². The second kappa shape index (κ2) is 4.46. The zero-order valence-electron chi connectivity index (χ0n) is 11.1. The first-order valence-corrected chi connectivity index (χ1v) is 6.63. The smallest absolute Gasteiger partial charge is 0.144 e. The van der Waals surface area contributed by atoms with Crippen molar-refractivity contribution in [3.8, 4) is 17.3 Å². The van der Waals surface area contributed by atoms with Gasteiger partial charge >= 0.3 is 0 Å². The molecule has 3 nitrogen and oxygen atoms in total. The third-order valence-electron chi connectivity index (χ3n) is 3.57. The highest BCUT2D eigenvalue weighted by molar-refractivity contribution is 6.09. The number of para-hydroxylation sites is 1. The molecule has 0 aliphatic carbocycles. The van der Waals surface area contributed by atoms with Gasteiger partial charge in [-0.1, -0.05) is 18.2 Å². The number of nitriles is 1. The van der Waals surface area contributed by atoms with E-state index in [2.05, 4.69) is 11.1 Å². The van der Waals surface area contributed by atoms with Gasteiger partial charge in [0.15, 0.2) is 0 Å². The first-order valence-electron chi connectivity index (χ1n) is 6.63. The van der Waals surface area contributed by atoms with Crippen LogP contribution in [0, 0.1) is 11.3 Å². The number of furan rings is 1. The van der Waals surface area contributed by atoms with E-state index in [1.54, 1.807) is 12.3 Å². The Kier molecular flexibility index (Phi) is 2.48. The summed E-state index contributed by atoms with van der Waals surface area (Å²) in [5, 5.41) is 11.1. The number of fused-ring (bicyclic) bond motifs is 3. The molecule has 0 N–H and O–H groups in total. The number of pyridine rings is 1. The average Bonchev–Trinajstić information content (AvgIpc) is 2.93. The van der Waals surface area contributed by atoms with Gasteiger partial charge in [-0.3, -0.25) is 4.98 Å². The fourth-order valence-electron chi connectivity index (χ4n) is 2.59. The zero-order chi connectivity index (χ0) is 14.2. The highest BCUT2D eigenvalue weighted by Crippen LogP contribution is 2.35. The zero-order valence-corrected chi connectivity index (χ0v) is 11.1. The molecule has 0 saturated heterocycles. The Morgan fingerprint density at radius 2 is 1.90 bits per heavy atom. The molecule has 4 rings (SSSR count). The van der Waals surface area contributed by atoms with E-state index in [-0.39, 0.29) is 0 Å².